The Morgan fingerprint density at radius 1 is 0.972 bits per heavy atom. The maximum Gasteiger partial charge on any atom is 0.206 e. The Morgan fingerprint density at radius 2 is 1.75 bits per heavy atom. The fraction of sp³-hybridized carbons (Fsp3) is 0.241. The molecule has 7 heteroatoms. The van der Waals surface area contributed by atoms with Crippen molar-refractivity contribution in [1.82, 2.24) is 19.3 Å². The maximum atomic E-state index is 14.3. The van der Waals surface area contributed by atoms with Crippen LogP contribution < -0.4 is 5.73 Å². The molecule has 0 amide bonds. The Morgan fingerprint density at radius 3 is 2.56 bits per heavy atom. The van der Waals surface area contributed by atoms with Crippen molar-refractivity contribution in [3.05, 3.63) is 95.6 Å². The summed E-state index contributed by atoms with van der Waals surface area (Å²) in [5.74, 6) is -0.175. The van der Waals surface area contributed by atoms with Crippen LogP contribution in [0.2, 0.25) is 0 Å². The van der Waals surface area contributed by atoms with E-state index >= 15 is 0 Å². The van der Waals surface area contributed by atoms with Crippen molar-refractivity contribution < 1.29 is 9.13 Å². The molecule has 0 spiro atoms. The van der Waals surface area contributed by atoms with Crippen LogP contribution in [-0.2, 0) is 11.2 Å². The van der Waals surface area contributed by atoms with Crippen LogP contribution in [0.15, 0.2) is 72.9 Å². The molecule has 1 aliphatic rings. The van der Waals surface area contributed by atoms with Gasteiger partial charge in [0, 0.05) is 37.1 Å². The summed E-state index contributed by atoms with van der Waals surface area (Å²) >= 11 is 0. The monoisotopic (exact) mass is 481 g/mol. The number of morpholine rings is 1. The van der Waals surface area contributed by atoms with Crippen molar-refractivity contribution in [2.45, 2.75) is 19.4 Å². The Bertz CT molecular complexity index is 1540. The minimum atomic E-state index is -0.399. The van der Waals surface area contributed by atoms with Gasteiger partial charge < -0.3 is 10.5 Å². The SMILES string of the molecule is CC(c1ccc(-c2cccc(Cc3cn4c(N)nc5c(F)cccc5c4n3)c2)cc1)N1CCOCC1. The highest BCUT2D eigenvalue weighted by Gasteiger charge is 2.18. The molecule has 3 heterocycles. The van der Waals surface area contributed by atoms with E-state index in [4.69, 9.17) is 15.5 Å². The molecule has 1 unspecified atom stereocenters. The molecule has 6 nitrogen and oxygen atoms in total. The molecule has 0 bridgehead atoms. The van der Waals surface area contributed by atoms with Crippen molar-refractivity contribution in [1.29, 1.82) is 0 Å². The normalized spacial score (nSPS) is 15.5. The molecule has 182 valence electrons. The zero-order chi connectivity index (χ0) is 24.6. The predicted molar refractivity (Wildman–Crippen MR) is 140 cm³/mol. The van der Waals surface area contributed by atoms with Gasteiger partial charge in [-0.25, -0.2) is 14.4 Å². The first kappa shape index (κ1) is 22.6. The summed E-state index contributed by atoms with van der Waals surface area (Å²) in [4.78, 5) is 11.5. The zero-order valence-electron chi connectivity index (χ0n) is 20.2. The second kappa shape index (κ2) is 9.33. The quantitative estimate of drug-likeness (QED) is 0.371. The molecule has 2 N–H and O–H groups in total. The van der Waals surface area contributed by atoms with Crippen LogP contribution >= 0.6 is 0 Å². The lowest BCUT2D eigenvalue weighted by atomic mass is 9.98. The lowest BCUT2D eigenvalue weighted by molar-refractivity contribution is 0.0198. The molecule has 5 aromatic rings. The summed E-state index contributed by atoms with van der Waals surface area (Å²) in [6, 6.07) is 22.6. The summed E-state index contributed by atoms with van der Waals surface area (Å²) in [5, 5.41) is 0.649. The van der Waals surface area contributed by atoms with Gasteiger partial charge in [0.15, 0.2) is 0 Å². The molecule has 2 aromatic heterocycles. The van der Waals surface area contributed by atoms with Gasteiger partial charge in [0.1, 0.15) is 17.0 Å². The molecule has 3 aromatic carbocycles. The van der Waals surface area contributed by atoms with Gasteiger partial charge in [0.2, 0.25) is 5.95 Å². The van der Waals surface area contributed by atoms with E-state index in [-0.39, 0.29) is 11.5 Å². The molecule has 6 rings (SSSR count). The van der Waals surface area contributed by atoms with Crippen molar-refractivity contribution in [2.75, 3.05) is 32.0 Å². The van der Waals surface area contributed by atoms with Crippen LogP contribution in [0.3, 0.4) is 0 Å². The molecule has 1 saturated heterocycles. The van der Waals surface area contributed by atoms with E-state index in [0.29, 0.717) is 23.5 Å². The standard InChI is InChI=1S/C29H28FN5O/c1-19(34-12-14-36-15-13-34)21-8-10-22(11-9-21)23-5-2-4-20(16-23)17-24-18-35-28(32-24)25-6-3-7-26(30)27(25)33-29(35)31/h2-11,16,18-19H,12-15,17H2,1H3,(H2,31,33). The summed E-state index contributed by atoms with van der Waals surface area (Å²) in [6.07, 6.45) is 2.52. The topological polar surface area (TPSA) is 68.7 Å². The highest BCUT2D eigenvalue weighted by atomic mass is 19.1. The summed E-state index contributed by atoms with van der Waals surface area (Å²) in [6.45, 7) is 5.81. The van der Waals surface area contributed by atoms with Gasteiger partial charge in [0.05, 0.1) is 18.9 Å². The van der Waals surface area contributed by atoms with Gasteiger partial charge in [-0.1, -0.05) is 54.6 Å². The largest absolute Gasteiger partial charge is 0.379 e. The second-order valence-corrected chi connectivity index (χ2v) is 9.36. The van der Waals surface area contributed by atoms with Crippen LogP contribution in [0.25, 0.3) is 27.7 Å². The van der Waals surface area contributed by atoms with E-state index in [1.807, 2.05) is 12.3 Å². The predicted octanol–water partition coefficient (Wildman–Crippen LogP) is 5.25. The van der Waals surface area contributed by atoms with Gasteiger partial charge >= 0.3 is 0 Å². The summed E-state index contributed by atoms with van der Waals surface area (Å²) in [7, 11) is 0. The van der Waals surface area contributed by atoms with E-state index in [9.17, 15) is 4.39 Å². The number of imidazole rings is 1. The van der Waals surface area contributed by atoms with Crippen molar-refractivity contribution in [2.24, 2.45) is 0 Å². The number of halogens is 1. The highest BCUT2D eigenvalue weighted by molar-refractivity contribution is 5.92. The average molecular weight is 482 g/mol. The van der Waals surface area contributed by atoms with E-state index < -0.39 is 5.82 Å². The van der Waals surface area contributed by atoms with Crippen molar-refractivity contribution in [3.63, 3.8) is 0 Å². The number of hydrogen-bond acceptors (Lipinski definition) is 5. The first-order chi connectivity index (χ1) is 17.6. The minimum Gasteiger partial charge on any atom is -0.379 e. The van der Waals surface area contributed by atoms with Gasteiger partial charge in [-0.05, 0) is 41.3 Å². The zero-order valence-corrected chi connectivity index (χ0v) is 20.2. The number of rotatable bonds is 5. The third-order valence-corrected chi connectivity index (χ3v) is 7.09. The average Bonchev–Trinajstić information content (AvgIpc) is 3.34. The molecule has 0 aliphatic carbocycles. The molecule has 0 saturated carbocycles. The number of benzene rings is 3. The lowest BCUT2D eigenvalue weighted by Crippen LogP contribution is -2.37. The third kappa shape index (κ3) is 4.21. The fourth-order valence-corrected chi connectivity index (χ4v) is 5.06. The van der Waals surface area contributed by atoms with Gasteiger partial charge in [-0.3, -0.25) is 9.30 Å². The van der Waals surface area contributed by atoms with E-state index in [1.54, 1.807) is 10.5 Å². The van der Waals surface area contributed by atoms with Crippen LogP contribution in [0.4, 0.5) is 10.3 Å². The van der Waals surface area contributed by atoms with Crippen LogP contribution in [0, 0.1) is 5.82 Å². The van der Waals surface area contributed by atoms with Crippen LogP contribution in [-0.4, -0.2) is 45.6 Å². The molecule has 1 aliphatic heterocycles. The molecule has 1 atom stereocenters. The Labute approximate surface area is 209 Å². The van der Waals surface area contributed by atoms with Crippen molar-refractivity contribution in [3.8, 4) is 11.1 Å². The van der Waals surface area contributed by atoms with Gasteiger partial charge in [0.25, 0.3) is 0 Å². The summed E-state index contributed by atoms with van der Waals surface area (Å²) in [5.41, 5.74) is 12.6. The van der Waals surface area contributed by atoms with E-state index in [0.717, 1.165) is 43.1 Å². The van der Waals surface area contributed by atoms with Crippen LogP contribution in [0.5, 0.6) is 0 Å². The Kier molecular flexibility index (Phi) is 5.87. The van der Waals surface area contributed by atoms with Gasteiger partial charge in [-0.2, -0.15) is 0 Å². The molecular formula is C29H28FN5O. The number of para-hydroxylation sites is 1. The Balaban J connectivity index is 1.25. The second-order valence-electron chi connectivity index (χ2n) is 9.36. The fourth-order valence-electron chi connectivity index (χ4n) is 5.06. The summed E-state index contributed by atoms with van der Waals surface area (Å²) < 4.78 is 21.5. The number of hydrogen-bond donors (Lipinski definition) is 1. The van der Waals surface area contributed by atoms with Crippen LogP contribution in [0.1, 0.15) is 29.8 Å². The van der Waals surface area contributed by atoms with Gasteiger partial charge in [-0.15, -0.1) is 0 Å². The number of fused-ring (bicyclic) bond motifs is 3. The number of nitrogens with zero attached hydrogens (tertiary/aromatic N) is 4. The van der Waals surface area contributed by atoms with E-state index in [1.165, 1.54) is 17.2 Å². The molecular weight excluding hydrogens is 453 g/mol. The number of nitrogen functional groups attached to an aromatic ring is 1. The third-order valence-electron chi connectivity index (χ3n) is 7.09. The number of anilines is 1. The number of nitrogens with two attached hydrogens (primary N) is 1. The highest BCUT2D eigenvalue weighted by Crippen LogP contribution is 2.27. The molecule has 36 heavy (non-hydrogen) atoms. The number of ether oxygens (including phenoxy) is 1. The first-order valence-corrected chi connectivity index (χ1v) is 12.3. The maximum absolute atomic E-state index is 14.3. The Hall–Kier alpha value is -3.81. The molecule has 0 radical (unpaired) electrons. The smallest absolute Gasteiger partial charge is 0.206 e. The minimum absolute atomic E-state index is 0.224. The first-order valence-electron chi connectivity index (χ1n) is 12.3. The van der Waals surface area contributed by atoms with Crippen molar-refractivity contribution >= 4 is 22.5 Å². The number of aromatic nitrogens is 3. The lowest BCUT2D eigenvalue weighted by Gasteiger charge is -2.32. The van der Waals surface area contributed by atoms with E-state index in [2.05, 4.69) is 65.3 Å². The molecule has 1 fully saturated rings.